The fourth-order valence-corrected chi connectivity index (χ4v) is 2.74. The van der Waals surface area contributed by atoms with E-state index in [1.807, 2.05) is 48.5 Å². The highest BCUT2D eigenvalue weighted by molar-refractivity contribution is 6.07. The topological polar surface area (TPSA) is 98.9 Å². The van der Waals surface area contributed by atoms with Gasteiger partial charge >= 0.3 is 5.97 Å². The van der Waals surface area contributed by atoms with Crippen LogP contribution in [0.25, 0.3) is 0 Å². The molecule has 0 heterocycles. The van der Waals surface area contributed by atoms with Crippen LogP contribution in [0, 0.1) is 0 Å². The number of hydrogen-bond acceptors (Lipinski definition) is 6. The van der Waals surface area contributed by atoms with Crippen LogP contribution in [0.5, 0.6) is 11.5 Å². The van der Waals surface area contributed by atoms with E-state index in [1.165, 1.54) is 12.1 Å². The minimum atomic E-state index is -0.706. The van der Waals surface area contributed by atoms with Gasteiger partial charge in [-0.25, -0.2) is 0 Å². The van der Waals surface area contributed by atoms with Crippen molar-refractivity contribution in [2.75, 3.05) is 13.1 Å². The molecule has 0 aliphatic rings. The van der Waals surface area contributed by atoms with Gasteiger partial charge in [-0.15, -0.1) is 0 Å². The number of nitrogens with two attached hydrogens (primary N) is 1. The van der Waals surface area contributed by atoms with E-state index in [0.717, 1.165) is 10.5 Å². The zero-order valence-electron chi connectivity index (χ0n) is 16.8. The molecule has 3 aromatic rings. The van der Waals surface area contributed by atoms with Crippen LogP contribution >= 0.6 is 0 Å². The van der Waals surface area contributed by atoms with Gasteiger partial charge in [0.25, 0.3) is 5.91 Å². The molecule has 3 rings (SSSR count). The first kappa shape index (κ1) is 21.7. The molecule has 0 radical (unpaired) electrons. The smallest absolute Gasteiger partial charge is 0.326 e. The Balaban J connectivity index is 1.64. The number of imide groups is 1. The molecule has 2 N–H and O–H groups in total. The highest BCUT2D eigenvalue weighted by atomic mass is 16.5. The molecule has 158 valence electrons. The number of carbonyl (C=O) groups excluding carboxylic acids is 3. The lowest BCUT2D eigenvalue weighted by Crippen LogP contribution is -2.44. The average Bonchev–Trinajstić information content (AvgIpc) is 2.82. The lowest BCUT2D eigenvalue weighted by Gasteiger charge is -2.19. The van der Waals surface area contributed by atoms with Crippen molar-refractivity contribution in [3.05, 3.63) is 96.1 Å². The van der Waals surface area contributed by atoms with Crippen molar-refractivity contribution in [3.8, 4) is 11.5 Å². The summed E-state index contributed by atoms with van der Waals surface area (Å²) < 4.78 is 10.9. The molecular weight excluding hydrogens is 396 g/mol. The minimum Gasteiger partial charge on any atom is -0.459 e. The zero-order chi connectivity index (χ0) is 22.1. The Morgan fingerprint density at radius 3 is 1.97 bits per heavy atom. The van der Waals surface area contributed by atoms with E-state index in [-0.39, 0.29) is 12.2 Å². The van der Waals surface area contributed by atoms with Gasteiger partial charge in [0.15, 0.2) is 0 Å². The first-order valence-electron chi connectivity index (χ1n) is 9.64. The van der Waals surface area contributed by atoms with Crippen molar-refractivity contribution in [2.24, 2.45) is 5.73 Å². The lowest BCUT2D eigenvalue weighted by atomic mass is 10.2. The first-order valence-corrected chi connectivity index (χ1v) is 9.64. The Morgan fingerprint density at radius 1 is 0.774 bits per heavy atom. The third-order valence-electron chi connectivity index (χ3n) is 4.33. The molecule has 31 heavy (non-hydrogen) atoms. The predicted molar refractivity (Wildman–Crippen MR) is 114 cm³/mol. The SMILES string of the molecule is NCC(=O)N(CC(=O)OCc1ccccc1)C(=O)c1ccc(Oc2ccccc2)cc1. The maximum atomic E-state index is 12.8. The number of ether oxygens (including phenoxy) is 2. The Labute approximate surface area is 180 Å². The molecule has 0 saturated heterocycles. The quantitative estimate of drug-likeness (QED) is 0.564. The molecule has 0 spiro atoms. The second kappa shape index (κ2) is 10.7. The summed E-state index contributed by atoms with van der Waals surface area (Å²) in [7, 11) is 0. The standard InChI is InChI=1S/C24H22N2O5/c25-15-22(27)26(16-23(28)30-17-18-7-3-1-4-8-18)24(29)19-11-13-21(14-12-19)31-20-9-5-2-6-10-20/h1-14H,15-17,25H2. The van der Waals surface area contributed by atoms with Crippen LogP contribution in [0.1, 0.15) is 15.9 Å². The van der Waals surface area contributed by atoms with Crippen molar-refractivity contribution in [1.29, 1.82) is 0 Å². The van der Waals surface area contributed by atoms with Gasteiger partial charge in [-0.2, -0.15) is 0 Å². The van der Waals surface area contributed by atoms with Gasteiger partial charge in [0.1, 0.15) is 24.7 Å². The number of esters is 1. The summed E-state index contributed by atoms with van der Waals surface area (Å²) >= 11 is 0. The highest BCUT2D eigenvalue weighted by Gasteiger charge is 2.25. The molecule has 0 bridgehead atoms. The fourth-order valence-electron chi connectivity index (χ4n) is 2.74. The van der Waals surface area contributed by atoms with E-state index in [1.54, 1.807) is 24.3 Å². The van der Waals surface area contributed by atoms with Crippen LogP contribution < -0.4 is 10.5 Å². The Kier molecular flexibility index (Phi) is 7.50. The fraction of sp³-hybridized carbons (Fsp3) is 0.125. The second-order valence-corrected chi connectivity index (χ2v) is 6.57. The van der Waals surface area contributed by atoms with Crippen LogP contribution in [-0.4, -0.2) is 35.8 Å². The zero-order valence-corrected chi connectivity index (χ0v) is 16.8. The third kappa shape index (κ3) is 6.25. The largest absolute Gasteiger partial charge is 0.459 e. The molecule has 0 unspecified atom stereocenters. The molecule has 0 atom stereocenters. The van der Waals surface area contributed by atoms with Gasteiger partial charge in [-0.3, -0.25) is 19.3 Å². The van der Waals surface area contributed by atoms with Crippen LogP contribution in [0.3, 0.4) is 0 Å². The van der Waals surface area contributed by atoms with E-state index >= 15 is 0 Å². The molecule has 0 aromatic heterocycles. The summed E-state index contributed by atoms with van der Waals surface area (Å²) in [5.41, 5.74) is 6.44. The summed E-state index contributed by atoms with van der Waals surface area (Å²) in [5.74, 6) is -0.836. The number of rotatable bonds is 8. The molecule has 7 heteroatoms. The molecule has 0 fully saturated rings. The van der Waals surface area contributed by atoms with Crippen molar-refractivity contribution in [1.82, 2.24) is 4.90 Å². The van der Waals surface area contributed by atoms with Gasteiger partial charge in [-0.1, -0.05) is 48.5 Å². The number of carbonyl (C=O) groups is 3. The van der Waals surface area contributed by atoms with Crippen LogP contribution in [0.4, 0.5) is 0 Å². The molecule has 3 aromatic carbocycles. The first-order chi connectivity index (χ1) is 15.1. The molecule has 2 amide bonds. The van der Waals surface area contributed by atoms with Crippen molar-refractivity contribution >= 4 is 17.8 Å². The van der Waals surface area contributed by atoms with E-state index in [9.17, 15) is 14.4 Å². The Hall–Kier alpha value is -3.97. The molecule has 7 nitrogen and oxygen atoms in total. The van der Waals surface area contributed by atoms with Gasteiger partial charge in [0.2, 0.25) is 5.91 Å². The summed E-state index contributed by atoms with van der Waals surface area (Å²) in [4.78, 5) is 38.0. The van der Waals surface area contributed by atoms with Gasteiger partial charge in [0.05, 0.1) is 6.54 Å². The molecule has 0 saturated carbocycles. The summed E-state index contributed by atoms with van der Waals surface area (Å²) in [6.45, 7) is -0.888. The number of amides is 2. The van der Waals surface area contributed by atoms with Crippen LogP contribution in [0.2, 0.25) is 0 Å². The summed E-state index contributed by atoms with van der Waals surface area (Å²) in [6.07, 6.45) is 0. The normalized spacial score (nSPS) is 10.2. The number of para-hydroxylation sites is 1. The molecule has 0 aliphatic heterocycles. The number of hydrogen-bond donors (Lipinski definition) is 1. The third-order valence-corrected chi connectivity index (χ3v) is 4.33. The van der Waals surface area contributed by atoms with Crippen molar-refractivity contribution < 1.29 is 23.9 Å². The maximum Gasteiger partial charge on any atom is 0.326 e. The van der Waals surface area contributed by atoms with E-state index in [2.05, 4.69) is 0 Å². The van der Waals surface area contributed by atoms with E-state index in [0.29, 0.717) is 11.5 Å². The maximum absolute atomic E-state index is 12.8. The minimum absolute atomic E-state index is 0.0457. The average molecular weight is 418 g/mol. The molecular formula is C24H22N2O5. The van der Waals surface area contributed by atoms with Crippen LogP contribution in [0.15, 0.2) is 84.9 Å². The Morgan fingerprint density at radius 2 is 1.35 bits per heavy atom. The number of benzene rings is 3. The van der Waals surface area contributed by atoms with Crippen molar-refractivity contribution in [3.63, 3.8) is 0 Å². The van der Waals surface area contributed by atoms with E-state index < -0.39 is 30.9 Å². The second-order valence-electron chi connectivity index (χ2n) is 6.57. The molecule has 0 aliphatic carbocycles. The lowest BCUT2D eigenvalue weighted by molar-refractivity contribution is -0.148. The number of nitrogens with zero attached hydrogens (tertiary/aromatic N) is 1. The monoisotopic (exact) mass is 418 g/mol. The van der Waals surface area contributed by atoms with Crippen molar-refractivity contribution in [2.45, 2.75) is 6.61 Å². The van der Waals surface area contributed by atoms with Gasteiger partial charge in [0, 0.05) is 5.56 Å². The Bertz CT molecular complexity index is 1020. The van der Waals surface area contributed by atoms with Crippen LogP contribution in [-0.2, 0) is 20.9 Å². The van der Waals surface area contributed by atoms with E-state index in [4.69, 9.17) is 15.2 Å². The highest BCUT2D eigenvalue weighted by Crippen LogP contribution is 2.21. The van der Waals surface area contributed by atoms with Gasteiger partial charge < -0.3 is 15.2 Å². The predicted octanol–water partition coefficient (Wildman–Crippen LogP) is 3.15. The van der Waals surface area contributed by atoms with Gasteiger partial charge in [-0.05, 0) is 42.0 Å². The summed E-state index contributed by atoms with van der Waals surface area (Å²) in [5, 5.41) is 0. The summed E-state index contributed by atoms with van der Waals surface area (Å²) in [6, 6.07) is 24.6.